The highest BCUT2D eigenvalue weighted by atomic mass is 32.2. The van der Waals surface area contributed by atoms with Gasteiger partial charge >= 0.3 is 6.03 Å². The number of carbonyl (C=O) groups is 1. The molecule has 0 unspecified atom stereocenters. The summed E-state index contributed by atoms with van der Waals surface area (Å²) < 4.78 is 26.6. The van der Waals surface area contributed by atoms with E-state index in [4.69, 9.17) is 0 Å². The fourth-order valence-corrected chi connectivity index (χ4v) is 7.02. The quantitative estimate of drug-likeness (QED) is 0.888. The van der Waals surface area contributed by atoms with Crippen LogP contribution in [0.15, 0.2) is 21.7 Å². The predicted octanol–water partition coefficient (Wildman–Crippen LogP) is 2.70. The van der Waals surface area contributed by atoms with Crippen molar-refractivity contribution in [3.8, 4) is 0 Å². The zero-order valence-corrected chi connectivity index (χ0v) is 13.9. The summed E-state index contributed by atoms with van der Waals surface area (Å²) in [4.78, 5) is 12.2. The second-order valence-electron chi connectivity index (χ2n) is 7.19. The minimum absolute atomic E-state index is 0.174. The second-order valence-corrected chi connectivity index (χ2v) is 10.0. The third kappa shape index (κ3) is 2.54. The standard InChI is InChI=1S/C15H20N2O3S2/c18-14(17-22(19,20)13-2-1-3-21-13)16-15-7-10-4-11(8-15)6-12(5-10)9-15/h1-3,10-12H,4-9H2,(H2,16,17,18). The highest BCUT2D eigenvalue weighted by Gasteiger charge is 2.51. The van der Waals surface area contributed by atoms with Gasteiger partial charge in [-0.15, -0.1) is 11.3 Å². The molecule has 0 saturated heterocycles. The first-order chi connectivity index (χ1) is 10.4. The summed E-state index contributed by atoms with van der Waals surface area (Å²) in [5, 5.41) is 4.70. The summed E-state index contributed by atoms with van der Waals surface area (Å²) in [5.74, 6) is 2.13. The molecule has 1 aromatic heterocycles. The van der Waals surface area contributed by atoms with E-state index in [1.54, 1.807) is 11.4 Å². The third-order valence-electron chi connectivity index (χ3n) is 5.40. The van der Waals surface area contributed by atoms with Gasteiger partial charge in [0.05, 0.1) is 0 Å². The molecule has 0 aromatic carbocycles. The van der Waals surface area contributed by atoms with Gasteiger partial charge in [-0.05, 0) is 67.7 Å². The Balaban J connectivity index is 1.46. The van der Waals surface area contributed by atoms with Crippen molar-refractivity contribution in [2.75, 3.05) is 0 Å². The first kappa shape index (κ1) is 14.5. The van der Waals surface area contributed by atoms with Gasteiger partial charge in [0, 0.05) is 5.54 Å². The van der Waals surface area contributed by atoms with Crippen LogP contribution in [-0.2, 0) is 10.0 Å². The van der Waals surface area contributed by atoms with Crippen molar-refractivity contribution in [1.29, 1.82) is 0 Å². The van der Waals surface area contributed by atoms with Gasteiger partial charge in [0.1, 0.15) is 4.21 Å². The molecular weight excluding hydrogens is 320 g/mol. The summed E-state index contributed by atoms with van der Waals surface area (Å²) in [5.41, 5.74) is -0.177. The molecule has 22 heavy (non-hydrogen) atoms. The highest BCUT2D eigenvalue weighted by molar-refractivity contribution is 7.92. The van der Waals surface area contributed by atoms with Crippen molar-refractivity contribution in [2.24, 2.45) is 17.8 Å². The van der Waals surface area contributed by atoms with Crippen LogP contribution in [0.4, 0.5) is 4.79 Å². The van der Waals surface area contributed by atoms with Crippen LogP contribution >= 0.6 is 11.3 Å². The molecule has 0 spiro atoms. The number of hydrogen-bond donors (Lipinski definition) is 2. The lowest BCUT2D eigenvalue weighted by atomic mass is 9.53. The Labute approximate surface area is 134 Å². The van der Waals surface area contributed by atoms with E-state index < -0.39 is 16.1 Å². The van der Waals surface area contributed by atoms with Crippen LogP contribution in [0, 0.1) is 17.8 Å². The Morgan fingerprint density at radius 3 is 2.23 bits per heavy atom. The molecule has 2 N–H and O–H groups in total. The smallest absolute Gasteiger partial charge is 0.329 e. The monoisotopic (exact) mass is 340 g/mol. The van der Waals surface area contributed by atoms with E-state index in [2.05, 4.69) is 10.0 Å². The van der Waals surface area contributed by atoms with E-state index in [0.29, 0.717) is 17.8 Å². The zero-order chi connectivity index (χ0) is 15.4. The van der Waals surface area contributed by atoms with Gasteiger partial charge in [0.2, 0.25) is 0 Å². The van der Waals surface area contributed by atoms with E-state index in [1.807, 2.05) is 0 Å². The number of sulfonamides is 1. The summed E-state index contributed by atoms with van der Waals surface area (Å²) in [6, 6.07) is 2.59. The van der Waals surface area contributed by atoms with Crippen LogP contribution in [-0.4, -0.2) is 20.0 Å². The molecule has 5 nitrogen and oxygen atoms in total. The normalized spacial score (nSPS) is 36.3. The molecule has 120 valence electrons. The van der Waals surface area contributed by atoms with E-state index in [9.17, 15) is 13.2 Å². The van der Waals surface area contributed by atoms with Gasteiger partial charge in [-0.1, -0.05) is 6.07 Å². The fourth-order valence-electron chi connectivity index (χ4n) is 5.12. The Morgan fingerprint density at radius 2 is 1.73 bits per heavy atom. The number of rotatable bonds is 3. The minimum Gasteiger partial charge on any atom is -0.332 e. The molecule has 1 aromatic rings. The molecule has 0 radical (unpaired) electrons. The number of urea groups is 1. The molecule has 4 bridgehead atoms. The van der Waals surface area contributed by atoms with Crippen molar-refractivity contribution in [3.63, 3.8) is 0 Å². The lowest BCUT2D eigenvalue weighted by molar-refractivity contribution is -0.0132. The molecule has 1 heterocycles. The number of carbonyl (C=O) groups excluding carboxylic acids is 1. The molecule has 4 aliphatic carbocycles. The van der Waals surface area contributed by atoms with Crippen molar-refractivity contribution in [2.45, 2.75) is 48.3 Å². The van der Waals surface area contributed by atoms with E-state index in [-0.39, 0.29) is 9.75 Å². The average Bonchev–Trinajstić information content (AvgIpc) is 2.89. The van der Waals surface area contributed by atoms with Crippen LogP contribution in [0.25, 0.3) is 0 Å². The molecule has 0 atom stereocenters. The van der Waals surface area contributed by atoms with Crippen molar-refractivity contribution in [1.82, 2.24) is 10.0 Å². The van der Waals surface area contributed by atoms with Crippen LogP contribution < -0.4 is 10.0 Å². The van der Waals surface area contributed by atoms with Gasteiger partial charge < -0.3 is 5.32 Å². The van der Waals surface area contributed by atoms with Gasteiger partial charge in [-0.25, -0.2) is 17.9 Å². The van der Waals surface area contributed by atoms with E-state index in [0.717, 1.165) is 30.6 Å². The fraction of sp³-hybridized carbons (Fsp3) is 0.667. The molecule has 4 aliphatic rings. The maximum Gasteiger partial charge on any atom is 0.329 e. The molecule has 0 aliphatic heterocycles. The largest absolute Gasteiger partial charge is 0.332 e. The third-order valence-corrected chi connectivity index (χ3v) is 8.13. The zero-order valence-electron chi connectivity index (χ0n) is 12.2. The first-order valence-electron chi connectivity index (χ1n) is 7.83. The van der Waals surface area contributed by atoms with Crippen LogP contribution in [0.3, 0.4) is 0 Å². The Bertz CT molecular complexity index is 646. The molecule has 4 fully saturated rings. The van der Waals surface area contributed by atoms with E-state index in [1.165, 1.54) is 25.3 Å². The van der Waals surface area contributed by atoms with Gasteiger partial charge in [0.15, 0.2) is 0 Å². The van der Waals surface area contributed by atoms with Crippen molar-refractivity contribution in [3.05, 3.63) is 17.5 Å². The second kappa shape index (κ2) is 4.96. The van der Waals surface area contributed by atoms with Gasteiger partial charge in [0.25, 0.3) is 10.0 Å². The Hall–Kier alpha value is -1.08. The summed E-state index contributed by atoms with van der Waals surface area (Å²) in [7, 11) is -3.74. The molecule has 7 heteroatoms. The van der Waals surface area contributed by atoms with Crippen LogP contribution in [0.2, 0.25) is 0 Å². The number of nitrogens with one attached hydrogen (secondary N) is 2. The molecular formula is C15H20N2O3S2. The maximum absolute atomic E-state index is 12.2. The number of hydrogen-bond acceptors (Lipinski definition) is 4. The van der Waals surface area contributed by atoms with Crippen LogP contribution in [0.1, 0.15) is 38.5 Å². The Kier molecular flexibility index (Phi) is 3.27. The lowest BCUT2D eigenvalue weighted by Crippen LogP contribution is -2.61. The highest BCUT2D eigenvalue weighted by Crippen LogP contribution is 2.55. The molecule has 4 saturated carbocycles. The van der Waals surface area contributed by atoms with Crippen LogP contribution in [0.5, 0.6) is 0 Å². The minimum atomic E-state index is -3.74. The SMILES string of the molecule is O=C(NC12CC3CC(CC(C3)C1)C2)NS(=O)(=O)c1cccs1. The molecule has 2 amide bonds. The van der Waals surface area contributed by atoms with Crippen molar-refractivity contribution < 1.29 is 13.2 Å². The van der Waals surface area contributed by atoms with E-state index >= 15 is 0 Å². The average molecular weight is 340 g/mol. The summed E-state index contributed by atoms with van der Waals surface area (Å²) >= 11 is 1.11. The first-order valence-corrected chi connectivity index (χ1v) is 10.2. The van der Waals surface area contributed by atoms with Crippen molar-refractivity contribution >= 4 is 27.4 Å². The lowest BCUT2D eigenvalue weighted by Gasteiger charge is -2.56. The number of thiophene rings is 1. The molecule has 5 rings (SSSR count). The number of amides is 2. The maximum atomic E-state index is 12.2. The predicted molar refractivity (Wildman–Crippen MR) is 84.1 cm³/mol. The summed E-state index contributed by atoms with van der Waals surface area (Å²) in [6.45, 7) is 0. The summed E-state index contributed by atoms with van der Waals surface area (Å²) in [6.07, 6.45) is 6.88. The van der Waals surface area contributed by atoms with Gasteiger partial charge in [-0.3, -0.25) is 0 Å². The topological polar surface area (TPSA) is 75.3 Å². The van der Waals surface area contributed by atoms with Gasteiger partial charge in [-0.2, -0.15) is 0 Å². The Morgan fingerprint density at radius 1 is 1.14 bits per heavy atom.